The average Bonchev–Trinajstić information content (AvgIpc) is 2.81. The molecule has 1 aromatic heterocycles. The van der Waals surface area contributed by atoms with Crippen LogP contribution in [0.1, 0.15) is 79.8 Å². The second-order valence-electron chi connectivity index (χ2n) is 8.01. The van der Waals surface area contributed by atoms with Gasteiger partial charge in [0, 0.05) is 6.54 Å². The number of nitrogens with zero attached hydrogens (tertiary/aromatic N) is 1. The number of allylic oxidation sites excluding steroid dienone is 3. The number of rotatable bonds is 10. The number of carbonyl (C=O) groups excluding carboxylic acids is 2. The van der Waals surface area contributed by atoms with Gasteiger partial charge in [0.1, 0.15) is 0 Å². The summed E-state index contributed by atoms with van der Waals surface area (Å²) in [4.78, 5) is 39.3. The van der Waals surface area contributed by atoms with Crippen molar-refractivity contribution < 1.29 is 19.1 Å². The highest BCUT2D eigenvalue weighted by molar-refractivity contribution is 6.04. The zero-order chi connectivity index (χ0) is 24.6. The van der Waals surface area contributed by atoms with Crippen LogP contribution in [0.4, 0.5) is 4.39 Å². The van der Waals surface area contributed by atoms with E-state index in [1.165, 1.54) is 16.7 Å². The predicted octanol–water partition coefficient (Wildman–Crippen LogP) is 3.87. The number of amides is 1. The lowest BCUT2D eigenvalue weighted by molar-refractivity contribution is 0.0833. The second kappa shape index (κ2) is 11.7. The number of halogens is 1. The van der Waals surface area contributed by atoms with Crippen LogP contribution in [0.2, 0.25) is 0 Å². The Kier molecular flexibility index (Phi) is 9.34. The van der Waals surface area contributed by atoms with Crippen molar-refractivity contribution >= 4 is 11.7 Å². The average molecular weight is 460 g/mol. The molecule has 1 unspecified atom stereocenters. The Morgan fingerprint density at radius 2 is 2.00 bits per heavy atom. The van der Waals surface area contributed by atoms with Crippen molar-refractivity contribution in [3.63, 3.8) is 0 Å². The van der Waals surface area contributed by atoms with Gasteiger partial charge in [-0.3, -0.25) is 24.3 Å². The first-order valence-electron chi connectivity index (χ1n) is 11.5. The summed E-state index contributed by atoms with van der Waals surface area (Å²) in [5.41, 5.74) is -0.565. The molecule has 1 atom stereocenters. The van der Waals surface area contributed by atoms with E-state index < -0.39 is 22.9 Å². The maximum atomic E-state index is 13.3. The van der Waals surface area contributed by atoms with Crippen LogP contribution in [0.15, 0.2) is 41.0 Å². The Labute approximate surface area is 194 Å². The molecular weight excluding hydrogens is 425 g/mol. The summed E-state index contributed by atoms with van der Waals surface area (Å²) in [5, 5.41) is 16.7. The lowest BCUT2D eigenvalue weighted by Gasteiger charge is -2.41. The Bertz CT molecular complexity index is 1040. The van der Waals surface area contributed by atoms with E-state index in [4.69, 9.17) is 0 Å². The molecule has 180 valence electrons. The molecule has 1 aliphatic rings. The number of fused-ring (bicyclic) bond motifs is 1. The molecule has 2 rings (SSSR count). The zero-order valence-corrected chi connectivity index (χ0v) is 19.8. The molecule has 3 N–H and O–H groups in total. The van der Waals surface area contributed by atoms with E-state index in [0.29, 0.717) is 30.3 Å². The fourth-order valence-corrected chi connectivity index (χ4v) is 4.36. The van der Waals surface area contributed by atoms with Gasteiger partial charge in [-0.15, -0.1) is 0 Å². The third-order valence-electron chi connectivity index (χ3n) is 5.96. The van der Waals surface area contributed by atoms with Crippen LogP contribution >= 0.6 is 0 Å². The summed E-state index contributed by atoms with van der Waals surface area (Å²) in [6, 6.07) is 0. The minimum atomic E-state index is -0.801. The Morgan fingerprint density at radius 1 is 1.27 bits per heavy atom. The molecule has 33 heavy (non-hydrogen) atoms. The number of aromatic nitrogens is 1. The maximum Gasteiger partial charge on any atom is 0.295 e. The molecule has 0 aliphatic carbocycles. The monoisotopic (exact) mass is 459 g/mol. The molecule has 2 heterocycles. The third kappa shape index (κ3) is 5.33. The Balaban J connectivity index is 2.60. The number of pyridine rings is 1. The minimum Gasteiger partial charge on any atom is -0.502 e. The van der Waals surface area contributed by atoms with Gasteiger partial charge >= 0.3 is 0 Å². The van der Waals surface area contributed by atoms with E-state index in [1.807, 2.05) is 26.8 Å². The van der Waals surface area contributed by atoms with Gasteiger partial charge in [-0.2, -0.15) is 0 Å². The van der Waals surface area contributed by atoms with Gasteiger partial charge in [-0.05, 0) is 42.9 Å². The maximum absolute atomic E-state index is 13.3. The Morgan fingerprint density at radius 3 is 2.58 bits per heavy atom. The van der Waals surface area contributed by atoms with E-state index >= 15 is 0 Å². The van der Waals surface area contributed by atoms with Gasteiger partial charge in [0.25, 0.3) is 11.5 Å². The largest absolute Gasteiger partial charge is 0.502 e. The quantitative estimate of drug-likeness (QED) is 0.461. The molecule has 8 heteroatoms. The lowest BCUT2D eigenvalue weighted by atomic mass is 9.91. The van der Waals surface area contributed by atoms with Crippen molar-refractivity contribution in [2.45, 2.75) is 65.5 Å². The molecule has 0 radical (unpaired) electrons. The van der Waals surface area contributed by atoms with E-state index in [1.54, 1.807) is 13.0 Å². The van der Waals surface area contributed by atoms with Crippen LogP contribution < -0.4 is 16.2 Å². The SMILES string of the molecule is CC/C=C/C(=C\C=C\F)CNC(=O)c1c(CC)c2n(c(=O)c1O)C(CC)(CCC)NCC2=O. The van der Waals surface area contributed by atoms with Crippen molar-refractivity contribution in [3.8, 4) is 5.75 Å². The van der Waals surface area contributed by atoms with Gasteiger partial charge < -0.3 is 10.4 Å². The number of Topliss-reactive ketones (excluding diaryl/α,β-unsaturated/α-hetero) is 1. The van der Waals surface area contributed by atoms with Crippen LogP contribution in [-0.4, -0.2) is 34.5 Å². The highest BCUT2D eigenvalue weighted by atomic mass is 19.1. The van der Waals surface area contributed by atoms with Gasteiger partial charge in [0.05, 0.1) is 29.8 Å². The highest BCUT2D eigenvalue weighted by Gasteiger charge is 2.41. The molecular formula is C25H34FN3O4. The van der Waals surface area contributed by atoms with Crippen molar-refractivity contribution in [2.24, 2.45) is 0 Å². The summed E-state index contributed by atoms with van der Waals surface area (Å²) < 4.78 is 13.8. The molecule has 0 fully saturated rings. The lowest BCUT2D eigenvalue weighted by Crippen LogP contribution is -2.59. The topological polar surface area (TPSA) is 100 Å². The first kappa shape index (κ1) is 26.3. The molecule has 1 amide bonds. The molecule has 0 aromatic carbocycles. The summed E-state index contributed by atoms with van der Waals surface area (Å²) in [6.07, 6.45) is 9.70. The summed E-state index contributed by atoms with van der Waals surface area (Å²) in [5.74, 6) is -1.62. The minimum absolute atomic E-state index is 0.0520. The molecule has 1 aliphatic heterocycles. The number of carbonyl (C=O) groups is 2. The highest BCUT2D eigenvalue weighted by Crippen LogP contribution is 2.32. The smallest absolute Gasteiger partial charge is 0.295 e. The van der Waals surface area contributed by atoms with E-state index in [9.17, 15) is 23.9 Å². The number of nitrogens with one attached hydrogen (secondary N) is 2. The normalized spacial score (nSPS) is 18.8. The number of hydrogen-bond acceptors (Lipinski definition) is 5. The van der Waals surface area contributed by atoms with E-state index in [0.717, 1.165) is 12.8 Å². The van der Waals surface area contributed by atoms with Gasteiger partial charge in [-0.25, -0.2) is 4.39 Å². The van der Waals surface area contributed by atoms with Gasteiger partial charge in [-0.1, -0.05) is 52.3 Å². The predicted molar refractivity (Wildman–Crippen MR) is 127 cm³/mol. The number of aromatic hydroxyl groups is 1. The molecule has 0 saturated heterocycles. The van der Waals surface area contributed by atoms with Crippen molar-refractivity contribution in [2.75, 3.05) is 13.1 Å². The second-order valence-corrected chi connectivity index (χ2v) is 8.01. The van der Waals surface area contributed by atoms with E-state index in [-0.39, 0.29) is 36.6 Å². The van der Waals surface area contributed by atoms with Crippen LogP contribution in [0.25, 0.3) is 0 Å². The summed E-state index contributed by atoms with van der Waals surface area (Å²) >= 11 is 0. The zero-order valence-electron chi connectivity index (χ0n) is 19.8. The fourth-order valence-electron chi connectivity index (χ4n) is 4.36. The van der Waals surface area contributed by atoms with Crippen LogP contribution in [-0.2, 0) is 12.1 Å². The summed E-state index contributed by atoms with van der Waals surface area (Å²) in [6.45, 7) is 7.74. The molecule has 0 bridgehead atoms. The summed E-state index contributed by atoms with van der Waals surface area (Å²) in [7, 11) is 0. The van der Waals surface area contributed by atoms with Crippen molar-refractivity contribution in [1.82, 2.24) is 15.2 Å². The first-order chi connectivity index (χ1) is 15.8. The molecule has 0 spiro atoms. The Hall–Kier alpha value is -3.00. The third-order valence-corrected chi connectivity index (χ3v) is 5.96. The fraction of sp³-hybridized carbons (Fsp3) is 0.480. The van der Waals surface area contributed by atoms with Gasteiger partial charge in [0.2, 0.25) is 0 Å². The van der Waals surface area contributed by atoms with Crippen molar-refractivity contribution in [1.29, 1.82) is 0 Å². The van der Waals surface area contributed by atoms with Gasteiger partial charge in [0.15, 0.2) is 11.5 Å². The number of ketones is 1. The first-order valence-corrected chi connectivity index (χ1v) is 11.5. The van der Waals surface area contributed by atoms with Crippen molar-refractivity contribution in [3.05, 3.63) is 63.4 Å². The van der Waals surface area contributed by atoms with E-state index in [2.05, 4.69) is 10.6 Å². The molecule has 0 saturated carbocycles. The molecule has 1 aromatic rings. The number of hydrogen-bond donors (Lipinski definition) is 3. The van der Waals surface area contributed by atoms with Crippen LogP contribution in [0.3, 0.4) is 0 Å². The molecule has 7 nitrogen and oxygen atoms in total. The standard InChI is InChI=1S/C25H34FN3O4/c1-5-9-11-17(12-10-14-26)15-27-23(32)20-18(7-3)21-19(30)16-28-25(8-4,13-6-2)29(21)24(33)22(20)31/h9-12,14,28,31H,5-8,13,15-16H2,1-4H3,(H,27,32)/b11-9+,14-10+,17-12+. The van der Waals surface area contributed by atoms with Crippen LogP contribution in [0, 0.1) is 0 Å². The van der Waals surface area contributed by atoms with Crippen LogP contribution in [0.5, 0.6) is 5.75 Å².